The second-order valence-corrected chi connectivity index (χ2v) is 4.24. The topological polar surface area (TPSA) is 47.6 Å². The first kappa shape index (κ1) is 11.0. The van der Waals surface area contributed by atoms with E-state index < -0.39 is 0 Å². The zero-order chi connectivity index (χ0) is 12.4. The Morgan fingerprint density at radius 1 is 1.11 bits per heavy atom. The van der Waals surface area contributed by atoms with Crippen molar-refractivity contribution < 1.29 is 4.74 Å². The molecule has 3 nitrogen and oxygen atoms in total. The fraction of sp³-hybridized carbons (Fsp3) is 0.133. The summed E-state index contributed by atoms with van der Waals surface area (Å²) in [6, 6.07) is 16.0. The molecule has 0 amide bonds. The Morgan fingerprint density at radius 2 is 2.00 bits per heavy atom. The maximum absolute atomic E-state index is 5.70. The Labute approximate surface area is 106 Å². The minimum Gasteiger partial charge on any atom is -0.472 e. The average Bonchev–Trinajstić information content (AvgIpc) is 2.47. The highest BCUT2D eigenvalue weighted by atomic mass is 16.5. The predicted octanol–water partition coefficient (Wildman–Crippen LogP) is 2.75. The van der Waals surface area contributed by atoms with Gasteiger partial charge in [0.1, 0.15) is 6.61 Å². The molecule has 0 saturated carbocycles. The Hall–Kier alpha value is -2.13. The van der Waals surface area contributed by atoms with Crippen molar-refractivity contribution in [1.82, 2.24) is 0 Å². The second kappa shape index (κ2) is 4.63. The maximum Gasteiger partial charge on any atom is 0.221 e. The van der Waals surface area contributed by atoms with E-state index in [0.717, 1.165) is 22.4 Å². The van der Waals surface area contributed by atoms with Gasteiger partial charge < -0.3 is 10.5 Å². The molecule has 0 radical (unpaired) electrons. The molecule has 0 aliphatic carbocycles. The van der Waals surface area contributed by atoms with Gasteiger partial charge in [-0.1, -0.05) is 30.3 Å². The van der Waals surface area contributed by atoms with Gasteiger partial charge in [0.05, 0.1) is 5.69 Å². The largest absolute Gasteiger partial charge is 0.472 e. The van der Waals surface area contributed by atoms with E-state index in [1.54, 1.807) is 0 Å². The van der Waals surface area contributed by atoms with Crippen LogP contribution in [0.3, 0.4) is 0 Å². The number of hydrogen-bond acceptors (Lipinski definition) is 3. The Bertz CT molecular complexity index is 605. The zero-order valence-corrected chi connectivity index (χ0v) is 9.97. The van der Waals surface area contributed by atoms with E-state index in [4.69, 9.17) is 10.5 Å². The number of ether oxygens (including phenoxy) is 1. The molecule has 3 heteroatoms. The average molecular weight is 238 g/mol. The SMILES string of the molecule is NCc1cccc(C2=Nc3ccccc3CO2)c1. The van der Waals surface area contributed by atoms with Crippen LogP contribution in [0.5, 0.6) is 0 Å². The smallest absolute Gasteiger partial charge is 0.221 e. The van der Waals surface area contributed by atoms with Gasteiger partial charge in [0.25, 0.3) is 0 Å². The Kier molecular flexibility index (Phi) is 2.82. The zero-order valence-electron chi connectivity index (χ0n) is 9.97. The van der Waals surface area contributed by atoms with Crippen molar-refractivity contribution in [3.8, 4) is 0 Å². The minimum absolute atomic E-state index is 0.526. The van der Waals surface area contributed by atoms with E-state index in [0.29, 0.717) is 19.0 Å². The van der Waals surface area contributed by atoms with Crippen molar-refractivity contribution in [3.63, 3.8) is 0 Å². The van der Waals surface area contributed by atoms with Crippen LogP contribution in [0, 0.1) is 0 Å². The van der Waals surface area contributed by atoms with Crippen molar-refractivity contribution in [2.45, 2.75) is 13.2 Å². The Balaban J connectivity index is 2.01. The highest BCUT2D eigenvalue weighted by Gasteiger charge is 2.14. The fourth-order valence-corrected chi connectivity index (χ4v) is 2.01. The summed E-state index contributed by atoms with van der Waals surface area (Å²) in [5.74, 6) is 0.670. The molecule has 1 aliphatic heterocycles. The number of rotatable bonds is 2. The van der Waals surface area contributed by atoms with Crippen LogP contribution >= 0.6 is 0 Å². The van der Waals surface area contributed by atoms with E-state index >= 15 is 0 Å². The second-order valence-electron chi connectivity index (χ2n) is 4.24. The van der Waals surface area contributed by atoms with Crippen LogP contribution in [0.15, 0.2) is 53.5 Å². The van der Waals surface area contributed by atoms with Gasteiger partial charge in [-0.25, -0.2) is 4.99 Å². The van der Waals surface area contributed by atoms with Gasteiger partial charge in [-0.15, -0.1) is 0 Å². The van der Waals surface area contributed by atoms with Gasteiger partial charge >= 0.3 is 0 Å². The predicted molar refractivity (Wildman–Crippen MR) is 71.8 cm³/mol. The molecule has 18 heavy (non-hydrogen) atoms. The van der Waals surface area contributed by atoms with Gasteiger partial charge in [0.15, 0.2) is 0 Å². The summed E-state index contributed by atoms with van der Waals surface area (Å²) in [7, 11) is 0. The molecule has 0 aromatic heterocycles. The molecule has 1 aliphatic rings. The molecule has 0 atom stereocenters. The lowest BCUT2D eigenvalue weighted by Crippen LogP contribution is -2.11. The summed E-state index contributed by atoms with van der Waals surface area (Å²) in [5.41, 5.74) is 9.81. The molecule has 0 bridgehead atoms. The van der Waals surface area contributed by atoms with Crippen LogP contribution in [-0.2, 0) is 17.9 Å². The lowest BCUT2D eigenvalue weighted by Gasteiger charge is -2.17. The van der Waals surface area contributed by atoms with Gasteiger partial charge in [-0.3, -0.25) is 0 Å². The molecule has 2 N–H and O–H groups in total. The highest BCUT2D eigenvalue weighted by molar-refractivity contribution is 5.97. The number of nitrogens with two attached hydrogens (primary N) is 1. The molecule has 2 aromatic rings. The van der Waals surface area contributed by atoms with E-state index in [-0.39, 0.29) is 0 Å². The van der Waals surface area contributed by atoms with E-state index in [1.807, 2.05) is 48.5 Å². The first-order valence-corrected chi connectivity index (χ1v) is 5.95. The van der Waals surface area contributed by atoms with Gasteiger partial charge in [0, 0.05) is 17.7 Å². The molecule has 90 valence electrons. The lowest BCUT2D eigenvalue weighted by atomic mass is 10.1. The summed E-state index contributed by atoms with van der Waals surface area (Å²) in [5, 5.41) is 0. The Morgan fingerprint density at radius 3 is 2.89 bits per heavy atom. The quantitative estimate of drug-likeness (QED) is 0.874. The third kappa shape index (κ3) is 2.00. The van der Waals surface area contributed by atoms with Crippen LogP contribution in [0.1, 0.15) is 16.7 Å². The first-order valence-electron chi connectivity index (χ1n) is 5.95. The maximum atomic E-state index is 5.70. The number of fused-ring (bicyclic) bond motifs is 1. The fourth-order valence-electron chi connectivity index (χ4n) is 2.01. The van der Waals surface area contributed by atoms with Gasteiger partial charge in [0.2, 0.25) is 5.90 Å². The summed E-state index contributed by atoms with van der Waals surface area (Å²) in [6.45, 7) is 1.10. The van der Waals surface area contributed by atoms with Crippen LogP contribution < -0.4 is 5.73 Å². The van der Waals surface area contributed by atoms with Crippen molar-refractivity contribution in [3.05, 3.63) is 65.2 Å². The summed E-state index contributed by atoms with van der Waals surface area (Å²) in [6.07, 6.45) is 0. The van der Waals surface area contributed by atoms with Crippen LogP contribution in [0.25, 0.3) is 0 Å². The van der Waals surface area contributed by atoms with Crippen molar-refractivity contribution >= 4 is 11.6 Å². The number of hydrogen-bond donors (Lipinski definition) is 1. The third-order valence-corrected chi connectivity index (χ3v) is 2.99. The molecular weight excluding hydrogens is 224 g/mol. The molecular formula is C15H14N2O. The highest BCUT2D eigenvalue weighted by Crippen LogP contribution is 2.25. The van der Waals surface area contributed by atoms with Gasteiger partial charge in [-0.05, 0) is 23.8 Å². The number of aliphatic imine (C=N–C) groups is 1. The van der Waals surface area contributed by atoms with Crippen molar-refractivity contribution in [1.29, 1.82) is 0 Å². The molecule has 0 unspecified atom stereocenters. The molecule has 0 fully saturated rings. The standard InChI is InChI=1S/C15H14N2O/c16-9-11-4-3-6-12(8-11)15-17-14-7-2-1-5-13(14)10-18-15/h1-8H,9-10,16H2. The first-order chi connectivity index (χ1) is 8.86. The monoisotopic (exact) mass is 238 g/mol. The van der Waals surface area contributed by atoms with E-state index in [2.05, 4.69) is 4.99 Å². The van der Waals surface area contributed by atoms with Gasteiger partial charge in [-0.2, -0.15) is 0 Å². The summed E-state index contributed by atoms with van der Waals surface area (Å²) >= 11 is 0. The minimum atomic E-state index is 0.526. The molecule has 1 heterocycles. The summed E-state index contributed by atoms with van der Waals surface area (Å²) in [4.78, 5) is 4.54. The van der Waals surface area contributed by atoms with Crippen LogP contribution in [-0.4, -0.2) is 5.90 Å². The van der Waals surface area contributed by atoms with Crippen molar-refractivity contribution in [2.24, 2.45) is 10.7 Å². The molecule has 0 spiro atoms. The number of nitrogens with zero attached hydrogens (tertiary/aromatic N) is 1. The van der Waals surface area contributed by atoms with E-state index in [1.165, 1.54) is 0 Å². The number of benzene rings is 2. The van der Waals surface area contributed by atoms with E-state index in [9.17, 15) is 0 Å². The normalized spacial score (nSPS) is 13.5. The summed E-state index contributed by atoms with van der Waals surface area (Å²) < 4.78 is 5.70. The number of para-hydroxylation sites is 1. The molecule has 2 aromatic carbocycles. The molecule has 3 rings (SSSR count). The molecule has 0 saturated heterocycles. The van der Waals surface area contributed by atoms with Crippen molar-refractivity contribution in [2.75, 3.05) is 0 Å². The third-order valence-electron chi connectivity index (χ3n) is 2.99. The van der Waals surface area contributed by atoms with Crippen LogP contribution in [0.2, 0.25) is 0 Å². The van der Waals surface area contributed by atoms with Crippen LogP contribution in [0.4, 0.5) is 5.69 Å². The lowest BCUT2D eigenvalue weighted by molar-refractivity contribution is 0.288.